The SMILES string of the molecule is CCC(NS(=O)(=O)c1cnc(N)c([N+](=O)[O-])c1)C(=O)O. The Bertz CT molecular complexity index is 644. The van der Waals surface area contributed by atoms with Crippen molar-refractivity contribution in [3.8, 4) is 0 Å². The Labute approximate surface area is 113 Å². The first-order valence-electron chi connectivity index (χ1n) is 5.34. The number of rotatable bonds is 6. The van der Waals surface area contributed by atoms with Crippen LogP contribution in [0.15, 0.2) is 17.2 Å². The van der Waals surface area contributed by atoms with Crippen molar-refractivity contribution in [1.29, 1.82) is 0 Å². The zero-order chi connectivity index (χ0) is 15.5. The molecule has 1 rings (SSSR count). The van der Waals surface area contributed by atoms with E-state index in [2.05, 4.69) is 4.98 Å². The normalized spacial score (nSPS) is 12.8. The van der Waals surface area contributed by atoms with Crippen molar-refractivity contribution in [2.45, 2.75) is 24.3 Å². The van der Waals surface area contributed by atoms with E-state index in [1.54, 1.807) is 0 Å². The number of aliphatic carboxylic acids is 1. The van der Waals surface area contributed by atoms with E-state index in [1.807, 2.05) is 4.72 Å². The molecule has 11 heteroatoms. The molecule has 0 bridgehead atoms. The third kappa shape index (κ3) is 3.39. The van der Waals surface area contributed by atoms with Gasteiger partial charge in [-0.05, 0) is 6.42 Å². The number of nitrogens with two attached hydrogens (primary N) is 1. The Morgan fingerprint density at radius 2 is 2.25 bits per heavy atom. The molecule has 0 aliphatic carbocycles. The lowest BCUT2D eigenvalue weighted by Gasteiger charge is -2.12. The largest absolute Gasteiger partial charge is 0.480 e. The quantitative estimate of drug-likeness (QED) is 0.476. The predicted molar refractivity (Wildman–Crippen MR) is 67.3 cm³/mol. The fraction of sp³-hybridized carbons (Fsp3) is 0.333. The highest BCUT2D eigenvalue weighted by atomic mass is 32.2. The number of carbonyl (C=O) groups is 1. The summed E-state index contributed by atoms with van der Waals surface area (Å²) in [5, 5.41) is 19.5. The highest BCUT2D eigenvalue weighted by Crippen LogP contribution is 2.22. The molecule has 110 valence electrons. The van der Waals surface area contributed by atoms with Gasteiger partial charge in [0.15, 0.2) is 0 Å². The van der Waals surface area contributed by atoms with E-state index in [0.717, 1.165) is 12.3 Å². The third-order valence-electron chi connectivity index (χ3n) is 2.38. The summed E-state index contributed by atoms with van der Waals surface area (Å²) in [5.41, 5.74) is 4.58. The molecule has 0 radical (unpaired) electrons. The second-order valence-corrected chi connectivity index (χ2v) is 5.47. The average Bonchev–Trinajstić information content (AvgIpc) is 2.35. The van der Waals surface area contributed by atoms with Crippen molar-refractivity contribution in [3.05, 3.63) is 22.4 Å². The van der Waals surface area contributed by atoms with E-state index in [0.29, 0.717) is 0 Å². The van der Waals surface area contributed by atoms with Crippen LogP contribution in [0.5, 0.6) is 0 Å². The Balaban J connectivity index is 3.19. The van der Waals surface area contributed by atoms with Crippen LogP contribution in [0.2, 0.25) is 0 Å². The summed E-state index contributed by atoms with van der Waals surface area (Å²) in [6.45, 7) is 1.48. The van der Waals surface area contributed by atoms with Crippen molar-refractivity contribution >= 4 is 27.5 Å². The molecule has 0 fully saturated rings. The molecular weight excluding hydrogens is 292 g/mol. The van der Waals surface area contributed by atoms with E-state index in [1.165, 1.54) is 6.92 Å². The van der Waals surface area contributed by atoms with Gasteiger partial charge in [-0.1, -0.05) is 6.92 Å². The minimum atomic E-state index is -4.24. The highest BCUT2D eigenvalue weighted by Gasteiger charge is 2.26. The van der Waals surface area contributed by atoms with Crippen LogP contribution in [0.4, 0.5) is 11.5 Å². The lowest BCUT2D eigenvalue weighted by Crippen LogP contribution is -2.40. The van der Waals surface area contributed by atoms with Gasteiger partial charge in [0.1, 0.15) is 10.9 Å². The summed E-state index contributed by atoms with van der Waals surface area (Å²) < 4.78 is 25.7. The van der Waals surface area contributed by atoms with Gasteiger partial charge in [0.2, 0.25) is 15.8 Å². The number of nitrogens with one attached hydrogen (secondary N) is 1. The molecule has 1 atom stereocenters. The number of anilines is 1. The lowest BCUT2D eigenvalue weighted by atomic mass is 10.2. The van der Waals surface area contributed by atoms with Crippen LogP contribution in [-0.2, 0) is 14.8 Å². The number of pyridine rings is 1. The van der Waals surface area contributed by atoms with Crippen molar-refractivity contribution in [2.75, 3.05) is 5.73 Å². The fourth-order valence-electron chi connectivity index (χ4n) is 1.30. The highest BCUT2D eigenvalue weighted by molar-refractivity contribution is 7.89. The van der Waals surface area contributed by atoms with Gasteiger partial charge in [0, 0.05) is 12.3 Å². The van der Waals surface area contributed by atoms with Gasteiger partial charge in [-0.15, -0.1) is 0 Å². The smallest absolute Gasteiger partial charge is 0.321 e. The molecule has 1 aromatic heterocycles. The zero-order valence-electron chi connectivity index (χ0n) is 10.3. The van der Waals surface area contributed by atoms with Crippen molar-refractivity contribution in [2.24, 2.45) is 0 Å². The minimum absolute atomic E-state index is 0.0130. The Morgan fingerprint density at radius 1 is 1.65 bits per heavy atom. The Hall–Kier alpha value is -2.27. The van der Waals surface area contributed by atoms with Crippen LogP contribution in [0.1, 0.15) is 13.3 Å². The van der Waals surface area contributed by atoms with Crippen molar-refractivity contribution in [1.82, 2.24) is 9.71 Å². The topological polar surface area (TPSA) is 166 Å². The van der Waals surface area contributed by atoms with Gasteiger partial charge in [-0.25, -0.2) is 13.4 Å². The van der Waals surface area contributed by atoms with Crippen LogP contribution >= 0.6 is 0 Å². The number of nitro groups is 1. The van der Waals surface area contributed by atoms with E-state index >= 15 is 0 Å². The molecule has 0 spiro atoms. The maximum atomic E-state index is 11.9. The van der Waals surface area contributed by atoms with Gasteiger partial charge in [0.05, 0.1) is 4.92 Å². The molecule has 0 saturated heterocycles. The molecule has 0 amide bonds. The van der Waals surface area contributed by atoms with E-state index in [9.17, 15) is 23.3 Å². The van der Waals surface area contributed by atoms with Gasteiger partial charge in [0.25, 0.3) is 0 Å². The molecule has 0 saturated carbocycles. The first-order chi connectivity index (χ1) is 9.19. The van der Waals surface area contributed by atoms with Crippen LogP contribution < -0.4 is 10.5 Å². The maximum Gasteiger partial charge on any atom is 0.321 e. The second kappa shape index (κ2) is 5.79. The number of carboxylic acid groups (broad SMARTS) is 1. The second-order valence-electron chi connectivity index (χ2n) is 3.75. The van der Waals surface area contributed by atoms with E-state index in [-0.39, 0.29) is 6.42 Å². The molecule has 1 heterocycles. The van der Waals surface area contributed by atoms with Gasteiger partial charge < -0.3 is 10.8 Å². The number of nitrogens with zero attached hydrogens (tertiary/aromatic N) is 2. The van der Waals surface area contributed by atoms with Gasteiger partial charge >= 0.3 is 11.7 Å². The van der Waals surface area contributed by atoms with E-state index in [4.69, 9.17) is 10.8 Å². The summed E-state index contributed by atoms with van der Waals surface area (Å²) in [5.74, 6) is -1.78. The molecule has 0 aromatic carbocycles. The van der Waals surface area contributed by atoms with Gasteiger partial charge in [-0.2, -0.15) is 4.72 Å². The minimum Gasteiger partial charge on any atom is -0.480 e. The summed E-state index contributed by atoms with van der Waals surface area (Å²) >= 11 is 0. The number of hydrogen-bond donors (Lipinski definition) is 3. The van der Waals surface area contributed by atoms with Crippen molar-refractivity contribution < 1.29 is 23.2 Å². The first kappa shape index (κ1) is 15.8. The maximum absolute atomic E-state index is 11.9. The number of hydrogen-bond acceptors (Lipinski definition) is 7. The molecule has 1 unspecified atom stereocenters. The summed E-state index contributed by atoms with van der Waals surface area (Å²) in [7, 11) is -4.24. The number of sulfonamides is 1. The van der Waals surface area contributed by atoms with Crippen molar-refractivity contribution in [3.63, 3.8) is 0 Å². The molecule has 20 heavy (non-hydrogen) atoms. The molecule has 1 aromatic rings. The molecule has 4 N–H and O–H groups in total. The molecule has 0 aliphatic heterocycles. The van der Waals surface area contributed by atoms with Crippen LogP contribution in [0, 0.1) is 10.1 Å². The molecular formula is C9H12N4O6S. The molecule has 10 nitrogen and oxygen atoms in total. The summed E-state index contributed by atoms with van der Waals surface area (Å²) in [4.78, 5) is 23.5. The average molecular weight is 304 g/mol. The molecule has 0 aliphatic rings. The standard InChI is InChI=1S/C9H12N4O6S/c1-2-6(9(14)15)12-20(18,19)5-3-7(13(16)17)8(10)11-4-5/h3-4,6,12H,2H2,1H3,(H2,10,11)(H,14,15). The number of aromatic nitrogens is 1. The third-order valence-corrected chi connectivity index (χ3v) is 3.82. The van der Waals surface area contributed by atoms with E-state index < -0.39 is 43.4 Å². The lowest BCUT2D eigenvalue weighted by molar-refractivity contribution is -0.384. The first-order valence-corrected chi connectivity index (χ1v) is 6.82. The van der Waals surface area contributed by atoms with Crippen LogP contribution in [0.3, 0.4) is 0 Å². The zero-order valence-corrected chi connectivity index (χ0v) is 11.1. The summed E-state index contributed by atoms with van der Waals surface area (Å²) in [6, 6.07) is -0.615. The van der Waals surface area contributed by atoms with Crippen LogP contribution in [-0.4, -0.2) is 35.4 Å². The summed E-state index contributed by atoms with van der Waals surface area (Å²) in [6.07, 6.45) is 0.832. The Kier molecular flexibility index (Phi) is 4.57. The number of nitrogen functional groups attached to an aromatic ring is 1. The predicted octanol–water partition coefficient (Wildman–Crippen LogP) is -0.287. The Morgan fingerprint density at radius 3 is 2.70 bits per heavy atom. The van der Waals surface area contributed by atoms with Crippen LogP contribution in [0.25, 0.3) is 0 Å². The number of carboxylic acids is 1. The fourth-order valence-corrected chi connectivity index (χ4v) is 2.54. The monoisotopic (exact) mass is 304 g/mol. The van der Waals surface area contributed by atoms with Gasteiger partial charge in [-0.3, -0.25) is 14.9 Å².